The van der Waals surface area contributed by atoms with E-state index in [1.165, 1.54) is 17.7 Å². The van der Waals surface area contributed by atoms with E-state index in [-0.39, 0.29) is 30.3 Å². The molecule has 1 aliphatic heterocycles. The number of aromatic amines is 1. The zero-order valence-corrected chi connectivity index (χ0v) is 18.6. The number of aromatic nitrogens is 1. The van der Waals surface area contributed by atoms with Gasteiger partial charge in [-0.1, -0.05) is 25.7 Å². The molecule has 0 bridgehead atoms. The quantitative estimate of drug-likeness (QED) is 0.433. The third kappa shape index (κ3) is 5.06. The molecule has 0 spiro atoms. The van der Waals surface area contributed by atoms with Gasteiger partial charge in [0.2, 0.25) is 5.91 Å². The molecular weight excluding hydrogens is 408 g/mol. The molecule has 1 aromatic heterocycles. The van der Waals surface area contributed by atoms with E-state index in [1.54, 1.807) is 7.11 Å². The Hall–Kier alpha value is -3.03. The fraction of sp³-hybridized carbons (Fsp3) is 0.542. The Bertz CT molecular complexity index is 978. The van der Waals surface area contributed by atoms with Crippen LogP contribution in [-0.4, -0.2) is 53.5 Å². The molecule has 1 aliphatic carbocycles. The van der Waals surface area contributed by atoms with Crippen molar-refractivity contribution in [2.75, 3.05) is 13.7 Å². The SMILES string of the molecule is COc1ccc2[nH]cc(CCN3C(=O)N[C@@H](CCC(=O)NC4CCCCCC4)C3=O)c2c1. The first-order valence-electron chi connectivity index (χ1n) is 11.6. The second kappa shape index (κ2) is 10.1. The lowest BCUT2D eigenvalue weighted by atomic mass is 10.1. The summed E-state index contributed by atoms with van der Waals surface area (Å²) in [4.78, 5) is 42.0. The molecule has 1 saturated carbocycles. The molecule has 4 rings (SSSR count). The number of nitrogens with zero attached hydrogens (tertiary/aromatic N) is 1. The van der Waals surface area contributed by atoms with Gasteiger partial charge in [0.05, 0.1) is 7.11 Å². The maximum Gasteiger partial charge on any atom is 0.324 e. The van der Waals surface area contributed by atoms with Crippen molar-refractivity contribution in [1.82, 2.24) is 20.5 Å². The molecule has 1 atom stereocenters. The summed E-state index contributed by atoms with van der Waals surface area (Å²) in [7, 11) is 1.62. The zero-order chi connectivity index (χ0) is 22.5. The first-order valence-corrected chi connectivity index (χ1v) is 11.6. The Kier molecular flexibility index (Phi) is 6.97. The van der Waals surface area contributed by atoms with Crippen molar-refractivity contribution >= 4 is 28.7 Å². The van der Waals surface area contributed by atoms with E-state index in [0.717, 1.165) is 47.9 Å². The number of rotatable bonds is 8. The van der Waals surface area contributed by atoms with Crippen molar-refractivity contribution in [3.05, 3.63) is 30.0 Å². The van der Waals surface area contributed by atoms with Crippen LogP contribution in [0.4, 0.5) is 4.79 Å². The second-order valence-electron chi connectivity index (χ2n) is 8.76. The van der Waals surface area contributed by atoms with E-state index < -0.39 is 6.04 Å². The number of fused-ring (bicyclic) bond motifs is 1. The van der Waals surface area contributed by atoms with Crippen molar-refractivity contribution in [1.29, 1.82) is 0 Å². The molecule has 2 fully saturated rings. The van der Waals surface area contributed by atoms with E-state index in [9.17, 15) is 14.4 Å². The Morgan fingerprint density at radius 1 is 1.19 bits per heavy atom. The summed E-state index contributed by atoms with van der Waals surface area (Å²) in [5.74, 6) is 0.468. The number of hydrogen-bond donors (Lipinski definition) is 3. The lowest BCUT2D eigenvalue weighted by Gasteiger charge is -2.17. The molecule has 0 radical (unpaired) electrons. The maximum atomic E-state index is 12.8. The van der Waals surface area contributed by atoms with Gasteiger partial charge >= 0.3 is 6.03 Å². The largest absolute Gasteiger partial charge is 0.497 e. The minimum absolute atomic E-state index is 0.0369. The maximum absolute atomic E-state index is 12.8. The number of urea groups is 1. The fourth-order valence-corrected chi connectivity index (χ4v) is 4.71. The highest BCUT2D eigenvalue weighted by Crippen LogP contribution is 2.24. The minimum atomic E-state index is -0.634. The van der Waals surface area contributed by atoms with Gasteiger partial charge in [0.1, 0.15) is 11.8 Å². The molecule has 1 saturated heterocycles. The van der Waals surface area contributed by atoms with Gasteiger partial charge in [0.15, 0.2) is 0 Å². The average molecular weight is 441 g/mol. The molecule has 4 amide bonds. The normalized spacial score (nSPS) is 19.8. The molecule has 32 heavy (non-hydrogen) atoms. The van der Waals surface area contributed by atoms with Crippen LogP contribution in [0.1, 0.15) is 56.9 Å². The average Bonchev–Trinajstić information content (AvgIpc) is 3.18. The van der Waals surface area contributed by atoms with Gasteiger partial charge in [-0.15, -0.1) is 0 Å². The van der Waals surface area contributed by atoms with E-state index >= 15 is 0 Å². The summed E-state index contributed by atoms with van der Waals surface area (Å²) in [6.45, 7) is 0.291. The van der Waals surface area contributed by atoms with Gasteiger partial charge in [-0.25, -0.2) is 4.79 Å². The number of carbonyl (C=O) groups is 3. The van der Waals surface area contributed by atoms with Crippen molar-refractivity contribution in [3.8, 4) is 5.75 Å². The second-order valence-corrected chi connectivity index (χ2v) is 8.76. The molecule has 8 heteroatoms. The number of H-pyrrole nitrogens is 1. The summed E-state index contributed by atoms with van der Waals surface area (Å²) in [6.07, 6.45) is 9.83. The van der Waals surface area contributed by atoms with Crippen LogP contribution in [0.5, 0.6) is 5.75 Å². The highest BCUT2D eigenvalue weighted by atomic mass is 16.5. The topological polar surface area (TPSA) is 104 Å². The fourth-order valence-electron chi connectivity index (χ4n) is 4.71. The van der Waals surface area contributed by atoms with Crippen molar-refractivity contribution in [3.63, 3.8) is 0 Å². The van der Waals surface area contributed by atoms with Crippen molar-refractivity contribution < 1.29 is 19.1 Å². The lowest BCUT2D eigenvalue weighted by molar-refractivity contribution is -0.127. The van der Waals surface area contributed by atoms with E-state index in [4.69, 9.17) is 4.74 Å². The zero-order valence-electron chi connectivity index (χ0n) is 18.6. The van der Waals surface area contributed by atoms with E-state index in [1.807, 2.05) is 24.4 Å². The molecule has 2 heterocycles. The first kappa shape index (κ1) is 22.2. The highest BCUT2D eigenvalue weighted by molar-refractivity contribution is 6.04. The standard InChI is InChI=1S/C24H32N4O4/c1-32-18-8-9-20-19(14-18)16(15-25-20)12-13-28-23(30)21(27-24(28)31)10-11-22(29)26-17-6-4-2-3-5-7-17/h8-9,14-15,17,21,25H,2-7,10-13H2,1H3,(H,26,29)(H,27,31)/t21-/m0/s1. The smallest absolute Gasteiger partial charge is 0.324 e. The number of amides is 4. The molecule has 2 aliphatic rings. The van der Waals surface area contributed by atoms with E-state index in [2.05, 4.69) is 15.6 Å². The Balaban J connectivity index is 1.28. The van der Waals surface area contributed by atoms with Crippen LogP contribution in [0, 0.1) is 0 Å². The number of hydrogen-bond acceptors (Lipinski definition) is 4. The molecule has 0 unspecified atom stereocenters. The van der Waals surface area contributed by atoms with Gasteiger partial charge < -0.3 is 20.4 Å². The van der Waals surface area contributed by atoms with Gasteiger partial charge in [0, 0.05) is 36.1 Å². The molecule has 172 valence electrons. The molecular formula is C24H32N4O4. The first-order chi connectivity index (χ1) is 15.5. The molecule has 8 nitrogen and oxygen atoms in total. The number of benzene rings is 1. The Labute approximate surface area is 188 Å². The van der Waals surface area contributed by atoms with Gasteiger partial charge in [-0.2, -0.15) is 0 Å². The molecule has 1 aromatic carbocycles. The lowest BCUT2D eigenvalue weighted by Crippen LogP contribution is -2.36. The van der Waals surface area contributed by atoms with Crippen LogP contribution in [0.25, 0.3) is 10.9 Å². The summed E-state index contributed by atoms with van der Waals surface area (Å²) in [6, 6.07) is 5.00. The summed E-state index contributed by atoms with van der Waals surface area (Å²) >= 11 is 0. The number of carbonyl (C=O) groups excluding carboxylic acids is 3. The third-order valence-electron chi connectivity index (χ3n) is 6.57. The summed E-state index contributed by atoms with van der Waals surface area (Å²) < 4.78 is 5.30. The van der Waals surface area contributed by atoms with Crippen LogP contribution in [-0.2, 0) is 16.0 Å². The number of imide groups is 1. The predicted octanol–water partition coefficient (Wildman–Crippen LogP) is 3.26. The Morgan fingerprint density at radius 3 is 2.72 bits per heavy atom. The molecule has 3 N–H and O–H groups in total. The van der Waals surface area contributed by atoms with Gasteiger partial charge in [-0.05, 0) is 49.4 Å². The summed E-state index contributed by atoms with van der Waals surface area (Å²) in [5, 5.41) is 6.85. The predicted molar refractivity (Wildman–Crippen MR) is 121 cm³/mol. The molecule has 2 aromatic rings. The Morgan fingerprint density at radius 2 is 1.97 bits per heavy atom. The number of ether oxygens (including phenoxy) is 1. The van der Waals surface area contributed by atoms with Crippen LogP contribution < -0.4 is 15.4 Å². The minimum Gasteiger partial charge on any atom is -0.497 e. The van der Waals surface area contributed by atoms with E-state index in [0.29, 0.717) is 19.4 Å². The van der Waals surface area contributed by atoms with Gasteiger partial charge in [-0.3, -0.25) is 14.5 Å². The monoisotopic (exact) mass is 440 g/mol. The summed E-state index contributed by atoms with van der Waals surface area (Å²) in [5.41, 5.74) is 2.00. The van der Waals surface area contributed by atoms with Gasteiger partial charge in [0.25, 0.3) is 5.91 Å². The number of nitrogens with one attached hydrogen (secondary N) is 3. The van der Waals surface area contributed by atoms with Crippen molar-refractivity contribution in [2.24, 2.45) is 0 Å². The van der Waals surface area contributed by atoms with Crippen LogP contribution in [0.3, 0.4) is 0 Å². The third-order valence-corrected chi connectivity index (χ3v) is 6.57. The highest BCUT2D eigenvalue weighted by Gasteiger charge is 2.37. The van der Waals surface area contributed by atoms with Crippen LogP contribution in [0.15, 0.2) is 24.4 Å². The van der Waals surface area contributed by atoms with Crippen molar-refractivity contribution in [2.45, 2.75) is 69.9 Å². The van der Waals surface area contributed by atoms with Crippen LogP contribution in [0.2, 0.25) is 0 Å². The number of methoxy groups -OCH3 is 1. The van der Waals surface area contributed by atoms with Crippen LogP contribution >= 0.6 is 0 Å².